The lowest BCUT2D eigenvalue weighted by molar-refractivity contribution is -0.336. The SMILES string of the molecule is Cc1cc(=O)[nH]c(N([O-])C(F)(F)C(F)(F)C(F)(F)C(F)F)n1. The molecule has 1 aromatic rings. The van der Waals surface area contributed by atoms with Crippen molar-refractivity contribution in [3.05, 3.63) is 27.3 Å². The van der Waals surface area contributed by atoms with Crippen molar-refractivity contribution in [3.63, 3.8) is 0 Å². The Morgan fingerprint density at radius 3 is 2.14 bits per heavy atom. The largest absolute Gasteiger partial charge is 0.752 e. The Morgan fingerprint density at radius 1 is 1.23 bits per heavy atom. The van der Waals surface area contributed by atoms with E-state index < -0.39 is 40.9 Å². The van der Waals surface area contributed by atoms with Crippen molar-refractivity contribution in [3.8, 4) is 0 Å². The molecule has 0 amide bonds. The summed E-state index contributed by atoms with van der Waals surface area (Å²) in [6.07, 6.45) is -5.16. The number of nitrogens with one attached hydrogen (secondary N) is 1. The third-order valence-corrected chi connectivity index (χ3v) is 2.38. The van der Waals surface area contributed by atoms with E-state index >= 15 is 0 Å². The van der Waals surface area contributed by atoms with Gasteiger partial charge in [-0.2, -0.15) is 26.3 Å². The molecule has 5 nitrogen and oxygen atoms in total. The van der Waals surface area contributed by atoms with E-state index in [9.17, 15) is 45.1 Å². The number of aryl methyl sites for hydroxylation is 1. The summed E-state index contributed by atoms with van der Waals surface area (Å²) in [5.41, 5.74) is -1.59. The molecular formula is C9H6F8N3O2-. The van der Waals surface area contributed by atoms with Crippen LogP contribution >= 0.6 is 0 Å². The summed E-state index contributed by atoms with van der Waals surface area (Å²) in [4.78, 5) is 15.2. The van der Waals surface area contributed by atoms with Gasteiger partial charge in [-0.25, -0.2) is 13.8 Å². The van der Waals surface area contributed by atoms with E-state index in [-0.39, 0.29) is 5.69 Å². The van der Waals surface area contributed by atoms with Gasteiger partial charge in [-0.15, -0.1) is 0 Å². The number of alkyl halides is 8. The highest BCUT2D eigenvalue weighted by molar-refractivity contribution is 5.35. The fraction of sp³-hybridized carbons (Fsp3) is 0.556. The van der Waals surface area contributed by atoms with Gasteiger partial charge in [-0.1, -0.05) is 0 Å². The van der Waals surface area contributed by atoms with E-state index in [0.717, 1.165) is 6.92 Å². The highest BCUT2D eigenvalue weighted by Gasteiger charge is 2.76. The molecule has 22 heavy (non-hydrogen) atoms. The molecule has 0 atom stereocenters. The number of hydrogen-bond donors (Lipinski definition) is 1. The first-order valence-corrected chi connectivity index (χ1v) is 5.22. The molecule has 1 N–H and O–H groups in total. The summed E-state index contributed by atoms with van der Waals surface area (Å²) >= 11 is 0. The molecule has 0 spiro atoms. The zero-order valence-corrected chi connectivity index (χ0v) is 10.4. The van der Waals surface area contributed by atoms with Gasteiger partial charge in [0.15, 0.2) is 5.95 Å². The minimum atomic E-state index is -6.74. The Bertz CT molecular complexity index is 603. The van der Waals surface area contributed by atoms with Crippen LogP contribution in [0.15, 0.2) is 10.9 Å². The van der Waals surface area contributed by atoms with E-state index in [1.165, 1.54) is 4.98 Å². The number of anilines is 1. The third-order valence-electron chi connectivity index (χ3n) is 2.38. The van der Waals surface area contributed by atoms with Crippen molar-refractivity contribution in [2.75, 3.05) is 5.06 Å². The van der Waals surface area contributed by atoms with Crippen molar-refractivity contribution in [2.24, 2.45) is 0 Å². The van der Waals surface area contributed by atoms with Crippen LogP contribution in [0.25, 0.3) is 0 Å². The molecule has 0 aliphatic rings. The highest BCUT2D eigenvalue weighted by atomic mass is 19.4. The van der Waals surface area contributed by atoms with Gasteiger partial charge in [0, 0.05) is 11.8 Å². The zero-order chi connectivity index (χ0) is 17.5. The Labute approximate surface area is 116 Å². The normalized spacial score (nSPS) is 13.6. The summed E-state index contributed by atoms with van der Waals surface area (Å²) in [5, 5.41) is 9.12. The summed E-state index contributed by atoms with van der Waals surface area (Å²) in [6, 6.07) is -5.63. The van der Waals surface area contributed by atoms with E-state index in [1.54, 1.807) is 0 Å². The molecule has 0 radical (unpaired) electrons. The number of nitrogens with zero attached hydrogens (tertiary/aromatic N) is 2. The first-order chi connectivity index (χ1) is 9.75. The molecule has 0 aliphatic carbocycles. The van der Waals surface area contributed by atoms with E-state index in [1.807, 2.05) is 0 Å². The van der Waals surface area contributed by atoms with Gasteiger partial charge in [0.2, 0.25) is 0 Å². The second kappa shape index (κ2) is 5.37. The first-order valence-electron chi connectivity index (χ1n) is 5.22. The minimum absolute atomic E-state index is 0.376. The topological polar surface area (TPSA) is 72.0 Å². The van der Waals surface area contributed by atoms with Crippen LogP contribution in [-0.4, -0.2) is 34.3 Å². The van der Waals surface area contributed by atoms with E-state index in [0.29, 0.717) is 6.07 Å². The van der Waals surface area contributed by atoms with Crippen LogP contribution in [0.3, 0.4) is 0 Å². The zero-order valence-electron chi connectivity index (χ0n) is 10.4. The summed E-state index contributed by atoms with van der Waals surface area (Å²) in [5.74, 6) is -15.0. The fourth-order valence-electron chi connectivity index (χ4n) is 1.26. The molecule has 0 saturated heterocycles. The lowest BCUT2D eigenvalue weighted by atomic mass is 10.1. The molecule has 1 aromatic heterocycles. The maximum Gasteiger partial charge on any atom is 0.397 e. The number of aromatic amines is 1. The minimum Gasteiger partial charge on any atom is -0.752 e. The number of aromatic nitrogens is 2. The Morgan fingerprint density at radius 2 is 1.73 bits per heavy atom. The summed E-state index contributed by atoms with van der Waals surface area (Å²) in [6.45, 7) is 1.01. The molecule has 1 rings (SSSR count). The van der Waals surface area contributed by atoms with Crippen molar-refractivity contribution >= 4 is 5.95 Å². The predicted molar refractivity (Wildman–Crippen MR) is 56.3 cm³/mol. The second-order valence-electron chi connectivity index (χ2n) is 4.04. The van der Waals surface area contributed by atoms with Crippen LogP contribution in [-0.2, 0) is 0 Å². The summed E-state index contributed by atoms with van der Waals surface area (Å²) in [7, 11) is 0. The van der Waals surface area contributed by atoms with Crippen LogP contribution in [0.2, 0.25) is 0 Å². The van der Waals surface area contributed by atoms with Gasteiger partial charge in [-0.3, -0.25) is 9.78 Å². The van der Waals surface area contributed by atoms with Gasteiger partial charge in [0.1, 0.15) is 0 Å². The van der Waals surface area contributed by atoms with E-state index in [2.05, 4.69) is 4.98 Å². The number of halogens is 8. The Kier molecular flexibility index (Phi) is 4.43. The fourth-order valence-corrected chi connectivity index (χ4v) is 1.26. The van der Waals surface area contributed by atoms with E-state index in [4.69, 9.17) is 0 Å². The molecule has 0 aliphatic heterocycles. The van der Waals surface area contributed by atoms with Crippen LogP contribution < -0.4 is 10.6 Å². The van der Waals surface area contributed by atoms with Gasteiger partial charge in [0.25, 0.3) is 5.56 Å². The molecule has 0 unspecified atom stereocenters. The van der Waals surface area contributed by atoms with Crippen LogP contribution in [0.5, 0.6) is 0 Å². The molecule has 0 aromatic carbocycles. The second-order valence-corrected chi connectivity index (χ2v) is 4.04. The van der Waals surface area contributed by atoms with Crippen molar-refractivity contribution < 1.29 is 35.1 Å². The molecule has 126 valence electrons. The number of rotatable bonds is 5. The lowest BCUT2D eigenvalue weighted by Crippen LogP contribution is -2.63. The van der Waals surface area contributed by atoms with Crippen LogP contribution in [0.4, 0.5) is 41.1 Å². The van der Waals surface area contributed by atoms with Crippen LogP contribution in [0, 0.1) is 12.1 Å². The molecule has 0 bridgehead atoms. The predicted octanol–water partition coefficient (Wildman–Crippen LogP) is 2.51. The molecule has 0 fully saturated rings. The highest BCUT2D eigenvalue weighted by Crippen LogP contribution is 2.50. The Hall–Kier alpha value is -1.92. The third kappa shape index (κ3) is 2.71. The molecule has 13 heteroatoms. The van der Waals surface area contributed by atoms with Gasteiger partial charge < -0.3 is 10.3 Å². The van der Waals surface area contributed by atoms with Gasteiger partial charge in [0.05, 0.1) is 0 Å². The van der Waals surface area contributed by atoms with Crippen LogP contribution in [0.1, 0.15) is 5.69 Å². The average molecular weight is 340 g/mol. The Balaban J connectivity index is 3.35. The monoisotopic (exact) mass is 340 g/mol. The quantitative estimate of drug-likeness (QED) is 0.508. The van der Waals surface area contributed by atoms with Crippen molar-refractivity contribution in [1.82, 2.24) is 9.97 Å². The average Bonchev–Trinajstić information content (AvgIpc) is 2.35. The maximum atomic E-state index is 13.3. The number of hydrogen-bond acceptors (Lipinski definition) is 4. The molecule has 1 heterocycles. The van der Waals surface area contributed by atoms with Crippen molar-refractivity contribution in [2.45, 2.75) is 31.2 Å². The summed E-state index contributed by atoms with van der Waals surface area (Å²) < 4.78 is 102. The lowest BCUT2D eigenvalue weighted by Gasteiger charge is -2.42. The maximum absolute atomic E-state index is 13.3. The molecular weight excluding hydrogens is 334 g/mol. The smallest absolute Gasteiger partial charge is 0.397 e. The standard InChI is InChI=1S/C9H6F8N3O2/c1-3-2-4(21)19-6(18-3)20(22)9(16,17)8(14,15)7(12,13)5(10)11/h2,5H,1H3,(H,18,19,21)/q-1. The van der Waals surface area contributed by atoms with Gasteiger partial charge >= 0.3 is 24.3 Å². The number of hydroxylamine groups is 1. The van der Waals surface area contributed by atoms with Crippen molar-refractivity contribution in [1.29, 1.82) is 0 Å². The first kappa shape index (κ1) is 18.1. The van der Waals surface area contributed by atoms with Gasteiger partial charge in [-0.05, 0) is 6.92 Å². The molecule has 0 saturated carbocycles. The number of H-pyrrole nitrogens is 1.